The number of anilines is 1. The minimum atomic E-state index is -0.336. The second kappa shape index (κ2) is 6.79. The zero-order valence-corrected chi connectivity index (χ0v) is 14.3. The molecule has 0 radical (unpaired) electrons. The first kappa shape index (κ1) is 16.1. The van der Waals surface area contributed by atoms with Crippen LogP contribution in [0.4, 0.5) is 5.00 Å². The molecule has 118 valence electrons. The SMILES string of the molecule is N#Cc1c(NC(=O)COc2cc(Cl)ccc2Cl)sc2c1CCC2. The highest BCUT2D eigenvalue weighted by Gasteiger charge is 2.23. The number of aryl methyl sites for hydroxylation is 1. The molecule has 2 aromatic rings. The molecule has 0 unspecified atom stereocenters. The zero-order valence-electron chi connectivity index (χ0n) is 12.0. The smallest absolute Gasteiger partial charge is 0.262 e. The van der Waals surface area contributed by atoms with Crippen molar-refractivity contribution in [3.05, 3.63) is 44.2 Å². The lowest BCUT2D eigenvalue weighted by Crippen LogP contribution is -2.20. The molecule has 0 aliphatic heterocycles. The van der Waals surface area contributed by atoms with Crippen LogP contribution in [0.2, 0.25) is 10.0 Å². The van der Waals surface area contributed by atoms with Gasteiger partial charge in [0.2, 0.25) is 0 Å². The van der Waals surface area contributed by atoms with Gasteiger partial charge in [0, 0.05) is 16.0 Å². The van der Waals surface area contributed by atoms with E-state index >= 15 is 0 Å². The van der Waals surface area contributed by atoms with Crippen molar-refractivity contribution in [3.8, 4) is 11.8 Å². The summed E-state index contributed by atoms with van der Waals surface area (Å²) in [6, 6.07) is 6.99. The van der Waals surface area contributed by atoms with E-state index in [9.17, 15) is 10.1 Å². The van der Waals surface area contributed by atoms with Gasteiger partial charge in [-0.2, -0.15) is 5.26 Å². The van der Waals surface area contributed by atoms with E-state index in [2.05, 4.69) is 11.4 Å². The molecule has 0 saturated carbocycles. The zero-order chi connectivity index (χ0) is 16.4. The van der Waals surface area contributed by atoms with Crippen molar-refractivity contribution in [3.63, 3.8) is 0 Å². The molecule has 0 spiro atoms. The van der Waals surface area contributed by atoms with Gasteiger partial charge in [-0.05, 0) is 37.0 Å². The van der Waals surface area contributed by atoms with Gasteiger partial charge in [-0.15, -0.1) is 11.3 Å². The number of thiophene rings is 1. The lowest BCUT2D eigenvalue weighted by molar-refractivity contribution is -0.118. The first-order valence-corrected chi connectivity index (χ1v) is 8.58. The average Bonchev–Trinajstić information content (AvgIpc) is 3.08. The number of carbonyl (C=O) groups excluding carboxylic acids is 1. The van der Waals surface area contributed by atoms with Crippen LogP contribution in [-0.2, 0) is 17.6 Å². The molecule has 1 aliphatic rings. The summed E-state index contributed by atoms with van der Waals surface area (Å²) in [6.45, 7) is -0.201. The molecule has 0 atom stereocenters. The van der Waals surface area contributed by atoms with Gasteiger partial charge in [-0.25, -0.2) is 0 Å². The summed E-state index contributed by atoms with van der Waals surface area (Å²) in [4.78, 5) is 13.3. The molecule has 1 amide bonds. The molecular weight excluding hydrogens is 355 g/mol. The summed E-state index contributed by atoms with van der Waals surface area (Å²) < 4.78 is 5.40. The predicted molar refractivity (Wildman–Crippen MR) is 91.6 cm³/mol. The molecule has 23 heavy (non-hydrogen) atoms. The number of rotatable bonds is 4. The van der Waals surface area contributed by atoms with Crippen molar-refractivity contribution in [2.45, 2.75) is 19.3 Å². The third-order valence-electron chi connectivity index (χ3n) is 3.54. The normalized spacial score (nSPS) is 12.6. The molecular formula is C16H12Cl2N2O2S. The fourth-order valence-corrected chi connectivity index (χ4v) is 4.09. The highest BCUT2D eigenvalue weighted by Crippen LogP contribution is 2.38. The Morgan fingerprint density at radius 1 is 1.39 bits per heavy atom. The van der Waals surface area contributed by atoms with E-state index in [4.69, 9.17) is 27.9 Å². The Morgan fingerprint density at radius 2 is 2.22 bits per heavy atom. The number of nitriles is 1. The van der Waals surface area contributed by atoms with Crippen molar-refractivity contribution < 1.29 is 9.53 Å². The molecule has 3 rings (SSSR count). The van der Waals surface area contributed by atoms with E-state index in [-0.39, 0.29) is 12.5 Å². The van der Waals surface area contributed by atoms with Crippen LogP contribution in [0.3, 0.4) is 0 Å². The summed E-state index contributed by atoms with van der Waals surface area (Å²) in [7, 11) is 0. The molecule has 1 aromatic heterocycles. The average molecular weight is 367 g/mol. The lowest BCUT2D eigenvalue weighted by Gasteiger charge is -2.08. The van der Waals surface area contributed by atoms with Crippen LogP contribution in [0.25, 0.3) is 0 Å². The van der Waals surface area contributed by atoms with Crippen molar-refractivity contribution in [1.82, 2.24) is 0 Å². The second-order valence-electron chi connectivity index (χ2n) is 5.08. The number of hydrogen-bond donors (Lipinski definition) is 1. The largest absolute Gasteiger partial charge is 0.482 e. The Morgan fingerprint density at radius 3 is 3.00 bits per heavy atom. The first-order chi connectivity index (χ1) is 11.1. The van der Waals surface area contributed by atoms with Gasteiger partial charge < -0.3 is 10.1 Å². The number of ether oxygens (including phenoxy) is 1. The molecule has 0 bridgehead atoms. The summed E-state index contributed by atoms with van der Waals surface area (Å²) in [5.41, 5.74) is 1.66. The fraction of sp³-hybridized carbons (Fsp3) is 0.250. The third kappa shape index (κ3) is 3.45. The number of amides is 1. The van der Waals surface area contributed by atoms with Gasteiger partial charge in [0.05, 0.1) is 10.6 Å². The Kier molecular flexibility index (Phi) is 4.76. The first-order valence-electron chi connectivity index (χ1n) is 7.01. The van der Waals surface area contributed by atoms with E-state index in [1.54, 1.807) is 18.2 Å². The number of nitrogens with one attached hydrogen (secondary N) is 1. The molecule has 0 saturated heterocycles. The number of benzene rings is 1. The standard InChI is InChI=1S/C16H12Cl2N2O2S/c17-9-4-5-12(18)13(6-9)22-8-15(21)20-16-11(7-19)10-2-1-3-14(10)23-16/h4-6H,1-3,8H2,(H,20,21). The minimum absolute atomic E-state index is 0.201. The van der Waals surface area contributed by atoms with Crippen molar-refractivity contribution >= 4 is 45.4 Å². The predicted octanol–water partition coefficient (Wildman–Crippen LogP) is 4.43. The molecule has 1 N–H and O–H groups in total. The van der Waals surface area contributed by atoms with Crippen molar-refractivity contribution in [2.75, 3.05) is 11.9 Å². The molecule has 7 heteroatoms. The van der Waals surface area contributed by atoms with E-state index < -0.39 is 0 Å². The topological polar surface area (TPSA) is 62.1 Å². The molecule has 0 fully saturated rings. The monoisotopic (exact) mass is 366 g/mol. The Balaban J connectivity index is 1.66. The van der Waals surface area contributed by atoms with Crippen molar-refractivity contribution in [2.24, 2.45) is 0 Å². The highest BCUT2D eigenvalue weighted by molar-refractivity contribution is 7.16. The molecule has 4 nitrogen and oxygen atoms in total. The summed E-state index contributed by atoms with van der Waals surface area (Å²) >= 11 is 13.3. The summed E-state index contributed by atoms with van der Waals surface area (Å²) in [6.07, 6.45) is 2.94. The minimum Gasteiger partial charge on any atom is -0.482 e. The van der Waals surface area contributed by atoms with Crippen LogP contribution < -0.4 is 10.1 Å². The van der Waals surface area contributed by atoms with Crippen LogP contribution in [-0.4, -0.2) is 12.5 Å². The van der Waals surface area contributed by atoms with E-state index in [0.717, 1.165) is 24.8 Å². The molecule has 1 aromatic carbocycles. The van der Waals surface area contributed by atoms with Crippen LogP contribution in [0, 0.1) is 11.3 Å². The van der Waals surface area contributed by atoms with E-state index in [0.29, 0.717) is 26.4 Å². The Bertz CT molecular complexity index is 811. The molecule has 1 aliphatic carbocycles. The maximum Gasteiger partial charge on any atom is 0.262 e. The Hall–Kier alpha value is -1.74. The second-order valence-corrected chi connectivity index (χ2v) is 7.03. The lowest BCUT2D eigenvalue weighted by atomic mass is 10.1. The highest BCUT2D eigenvalue weighted by atomic mass is 35.5. The van der Waals surface area contributed by atoms with Crippen LogP contribution in [0.1, 0.15) is 22.4 Å². The van der Waals surface area contributed by atoms with Gasteiger partial charge in [0.15, 0.2) is 6.61 Å². The van der Waals surface area contributed by atoms with Crippen LogP contribution in [0.15, 0.2) is 18.2 Å². The van der Waals surface area contributed by atoms with Crippen LogP contribution in [0.5, 0.6) is 5.75 Å². The van der Waals surface area contributed by atoms with Gasteiger partial charge in [0.1, 0.15) is 16.8 Å². The van der Waals surface area contributed by atoms with Crippen LogP contribution >= 0.6 is 34.5 Å². The van der Waals surface area contributed by atoms with Gasteiger partial charge >= 0.3 is 0 Å². The third-order valence-corrected chi connectivity index (χ3v) is 5.29. The summed E-state index contributed by atoms with van der Waals surface area (Å²) in [5, 5.41) is 13.5. The maximum atomic E-state index is 12.1. The summed E-state index contributed by atoms with van der Waals surface area (Å²) in [5.74, 6) is 0.0148. The fourth-order valence-electron chi connectivity index (χ4n) is 2.50. The van der Waals surface area contributed by atoms with Gasteiger partial charge in [-0.1, -0.05) is 23.2 Å². The van der Waals surface area contributed by atoms with Gasteiger partial charge in [0.25, 0.3) is 5.91 Å². The van der Waals surface area contributed by atoms with E-state index in [1.807, 2.05) is 0 Å². The maximum absolute atomic E-state index is 12.1. The molecule has 1 heterocycles. The number of carbonyl (C=O) groups is 1. The number of nitrogens with zero attached hydrogens (tertiary/aromatic N) is 1. The number of hydrogen-bond acceptors (Lipinski definition) is 4. The Labute approximate surface area is 147 Å². The number of fused-ring (bicyclic) bond motifs is 1. The van der Waals surface area contributed by atoms with Crippen molar-refractivity contribution in [1.29, 1.82) is 5.26 Å². The van der Waals surface area contributed by atoms with E-state index in [1.165, 1.54) is 16.2 Å². The van der Waals surface area contributed by atoms with Gasteiger partial charge in [-0.3, -0.25) is 4.79 Å². The number of halogens is 2. The quantitative estimate of drug-likeness (QED) is 0.870.